The van der Waals surface area contributed by atoms with Gasteiger partial charge >= 0.3 is 11.8 Å². The molecule has 2 aromatic carbocycles. The standard InChI is InChI=1S/C35H43N5O7/c1-35(2,3)47-34(45)38-17-15-37(16-18-38)31(42)24-19-23(20-24)26-7-6-8-27-30(26)36(4)33(44)40(27)28-13-14-29(41)39(32(28)43)21-22-9-11-25(46-5)12-10-22/h6-12,23-24,28H,13-21H2,1-5H3. The molecule has 0 radical (unpaired) electrons. The van der Waals surface area contributed by atoms with Crippen LogP contribution in [0.3, 0.4) is 0 Å². The van der Waals surface area contributed by atoms with E-state index < -0.39 is 17.6 Å². The summed E-state index contributed by atoms with van der Waals surface area (Å²) in [6, 6.07) is 12.2. The van der Waals surface area contributed by atoms with Gasteiger partial charge in [-0.3, -0.25) is 28.4 Å². The summed E-state index contributed by atoms with van der Waals surface area (Å²) in [4.78, 5) is 70.9. The highest BCUT2D eigenvalue weighted by atomic mass is 16.6. The maximum absolute atomic E-state index is 13.8. The van der Waals surface area contributed by atoms with Gasteiger partial charge in [-0.25, -0.2) is 9.59 Å². The molecule has 3 aromatic rings. The van der Waals surface area contributed by atoms with Crippen molar-refractivity contribution in [1.29, 1.82) is 0 Å². The van der Waals surface area contributed by atoms with Crippen molar-refractivity contribution in [3.05, 3.63) is 64.1 Å². The van der Waals surface area contributed by atoms with Gasteiger partial charge in [0.15, 0.2) is 0 Å². The first-order valence-corrected chi connectivity index (χ1v) is 16.3. The van der Waals surface area contributed by atoms with Crippen LogP contribution < -0.4 is 10.4 Å². The average Bonchev–Trinajstić information content (AvgIpc) is 3.27. The molecule has 12 heteroatoms. The Kier molecular flexibility index (Phi) is 8.62. The number of fused-ring (bicyclic) bond motifs is 1. The number of carbonyl (C=O) groups is 4. The van der Waals surface area contributed by atoms with E-state index in [0.29, 0.717) is 50.3 Å². The molecule has 12 nitrogen and oxygen atoms in total. The lowest BCUT2D eigenvalue weighted by Crippen LogP contribution is -2.53. The van der Waals surface area contributed by atoms with Crippen molar-refractivity contribution in [3.8, 4) is 5.75 Å². The minimum atomic E-state index is -0.799. The van der Waals surface area contributed by atoms with Crippen LogP contribution in [0.25, 0.3) is 11.0 Å². The second-order valence-corrected chi connectivity index (χ2v) is 13.8. The molecule has 1 aromatic heterocycles. The number of aryl methyl sites for hydroxylation is 1. The van der Waals surface area contributed by atoms with E-state index in [1.54, 1.807) is 40.3 Å². The van der Waals surface area contributed by atoms with Gasteiger partial charge < -0.3 is 19.3 Å². The lowest BCUT2D eigenvalue weighted by molar-refractivity contribution is -0.151. The fourth-order valence-electron chi connectivity index (χ4n) is 7.01. The number of nitrogens with zero attached hydrogens (tertiary/aromatic N) is 5. The number of ether oxygens (including phenoxy) is 2. The molecule has 3 heterocycles. The molecule has 2 aliphatic heterocycles. The van der Waals surface area contributed by atoms with E-state index in [2.05, 4.69) is 0 Å². The van der Waals surface area contributed by atoms with Crippen molar-refractivity contribution in [2.75, 3.05) is 33.3 Å². The Labute approximate surface area is 273 Å². The van der Waals surface area contributed by atoms with E-state index in [4.69, 9.17) is 9.47 Å². The minimum Gasteiger partial charge on any atom is -0.497 e. The highest BCUT2D eigenvalue weighted by Gasteiger charge is 2.41. The van der Waals surface area contributed by atoms with Crippen molar-refractivity contribution >= 4 is 34.8 Å². The van der Waals surface area contributed by atoms with E-state index in [1.165, 1.54) is 4.90 Å². The largest absolute Gasteiger partial charge is 0.497 e. The smallest absolute Gasteiger partial charge is 0.410 e. The van der Waals surface area contributed by atoms with Gasteiger partial charge in [0.1, 0.15) is 17.4 Å². The van der Waals surface area contributed by atoms with Crippen LogP contribution in [0.5, 0.6) is 5.75 Å². The van der Waals surface area contributed by atoms with Gasteiger partial charge in [0.25, 0.3) is 5.91 Å². The molecule has 47 heavy (non-hydrogen) atoms. The van der Waals surface area contributed by atoms with Crippen molar-refractivity contribution in [2.45, 2.75) is 70.6 Å². The highest BCUT2D eigenvalue weighted by molar-refractivity contribution is 6.00. The molecule has 3 fully saturated rings. The molecule has 1 aliphatic carbocycles. The lowest BCUT2D eigenvalue weighted by atomic mass is 9.70. The van der Waals surface area contributed by atoms with Crippen LogP contribution >= 0.6 is 0 Å². The van der Waals surface area contributed by atoms with Crippen molar-refractivity contribution < 1.29 is 28.7 Å². The molecule has 1 atom stereocenters. The number of piperazine rings is 1. The predicted molar refractivity (Wildman–Crippen MR) is 174 cm³/mol. The number of aromatic nitrogens is 2. The van der Waals surface area contributed by atoms with Crippen LogP contribution in [-0.4, -0.2) is 86.5 Å². The topological polar surface area (TPSA) is 123 Å². The molecular formula is C35H43N5O7. The Morgan fingerprint density at radius 1 is 0.915 bits per heavy atom. The molecular weight excluding hydrogens is 602 g/mol. The lowest BCUT2D eigenvalue weighted by Gasteiger charge is -2.41. The number of methoxy groups -OCH3 is 1. The number of hydrogen-bond donors (Lipinski definition) is 0. The fourth-order valence-corrected chi connectivity index (χ4v) is 7.01. The first-order valence-electron chi connectivity index (χ1n) is 16.3. The van der Waals surface area contributed by atoms with Crippen LogP contribution in [0.15, 0.2) is 47.3 Å². The van der Waals surface area contributed by atoms with Crippen molar-refractivity contribution in [1.82, 2.24) is 23.8 Å². The number of carbonyl (C=O) groups excluding carboxylic acids is 4. The molecule has 0 spiro atoms. The molecule has 0 N–H and O–H groups in total. The Hall–Kier alpha value is -4.61. The summed E-state index contributed by atoms with van der Waals surface area (Å²) in [5, 5.41) is 0. The van der Waals surface area contributed by atoms with E-state index >= 15 is 0 Å². The molecule has 1 saturated carbocycles. The summed E-state index contributed by atoms with van der Waals surface area (Å²) in [5.41, 5.74) is 2.31. The molecule has 4 amide bonds. The zero-order chi connectivity index (χ0) is 33.6. The maximum Gasteiger partial charge on any atom is 0.410 e. The Morgan fingerprint density at radius 2 is 1.57 bits per heavy atom. The number of benzene rings is 2. The summed E-state index contributed by atoms with van der Waals surface area (Å²) in [7, 11) is 3.29. The van der Waals surface area contributed by atoms with Gasteiger partial charge in [-0.05, 0) is 75.3 Å². The van der Waals surface area contributed by atoms with E-state index in [-0.39, 0.29) is 54.8 Å². The predicted octanol–water partition coefficient (Wildman–Crippen LogP) is 3.81. The normalized spacial score (nSPS) is 22.0. The monoisotopic (exact) mass is 645 g/mol. The first kappa shape index (κ1) is 32.3. The number of piperidine rings is 1. The molecule has 2 saturated heterocycles. The molecule has 0 bridgehead atoms. The average molecular weight is 646 g/mol. The number of hydrogen-bond acceptors (Lipinski definition) is 7. The number of imidazole rings is 1. The van der Waals surface area contributed by atoms with Crippen LogP contribution in [0.2, 0.25) is 0 Å². The zero-order valence-corrected chi connectivity index (χ0v) is 27.7. The summed E-state index contributed by atoms with van der Waals surface area (Å²) < 4.78 is 13.8. The van der Waals surface area contributed by atoms with Gasteiger partial charge in [0.05, 0.1) is 24.7 Å². The summed E-state index contributed by atoms with van der Waals surface area (Å²) >= 11 is 0. The first-order chi connectivity index (χ1) is 22.4. The van der Waals surface area contributed by atoms with Crippen LogP contribution in [0.1, 0.15) is 69.5 Å². The van der Waals surface area contributed by atoms with Crippen LogP contribution in [0.4, 0.5) is 4.79 Å². The summed E-state index contributed by atoms with van der Waals surface area (Å²) in [6.45, 7) is 7.45. The van der Waals surface area contributed by atoms with E-state index in [1.807, 2.05) is 56.0 Å². The fraction of sp³-hybridized carbons (Fsp3) is 0.514. The van der Waals surface area contributed by atoms with Crippen molar-refractivity contribution in [2.24, 2.45) is 13.0 Å². The van der Waals surface area contributed by atoms with E-state index in [9.17, 15) is 24.0 Å². The number of amides is 4. The van der Waals surface area contributed by atoms with Crippen molar-refractivity contribution in [3.63, 3.8) is 0 Å². The zero-order valence-electron chi connectivity index (χ0n) is 27.7. The molecule has 1 unspecified atom stereocenters. The van der Waals surface area contributed by atoms with Gasteiger partial charge in [-0.2, -0.15) is 0 Å². The third-order valence-corrected chi connectivity index (χ3v) is 9.60. The van der Waals surface area contributed by atoms with Gasteiger partial charge in [-0.15, -0.1) is 0 Å². The quantitative estimate of drug-likeness (QED) is 0.374. The van der Waals surface area contributed by atoms with Gasteiger partial charge in [0, 0.05) is 45.6 Å². The van der Waals surface area contributed by atoms with Crippen LogP contribution in [0, 0.1) is 5.92 Å². The highest BCUT2D eigenvalue weighted by Crippen LogP contribution is 2.45. The third kappa shape index (κ3) is 6.25. The number of imide groups is 1. The molecule has 250 valence electrons. The number of likely N-dealkylation sites (tertiary alicyclic amines) is 1. The Morgan fingerprint density at radius 3 is 2.21 bits per heavy atom. The summed E-state index contributed by atoms with van der Waals surface area (Å²) in [5.74, 6) is 0.0947. The second-order valence-electron chi connectivity index (χ2n) is 13.8. The Bertz CT molecular complexity index is 1760. The maximum atomic E-state index is 13.8. The molecule has 6 rings (SSSR count). The number of rotatable bonds is 6. The van der Waals surface area contributed by atoms with Crippen LogP contribution in [-0.2, 0) is 32.7 Å². The molecule has 3 aliphatic rings. The van der Waals surface area contributed by atoms with Gasteiger partial charge in [-0.1, -0.05) is 24.3 Å². The minimum absolute atomic E-state index is 0.0901. The SMILES string of the molecule is COc1ccc(CN2C(=O)CCC(n3c(=O)n(C)c4c(C5CC(C(=O)N6CCN(C(=O)OC(C)(C)C)CC6)C5)cccc43)C2=O)cc1. The summed E-state index contributed by atoms with van der Waals surface area (Å²) in [6.07, 6.45) is 1.38. The third-order valence-electron chi connectivity index (χ3n) is 9.60. The second kappa shape index (κ2) is 12.5. The van der Waals surface area contributed by atoms with Gasteiger partial charge in [0.2, 0.25) is 11.8 Å². The number of para-hydroxylation sites is 1. The van der Waals surface area contributed by atoms with E-state index in [0.717, 1.165) is 16.6 Å². The Balaban J connectivity index is 1.15.